The lowest BCUT2D eigenvalue weighted by atomic mass is 10.1. The minimum atomic E-state index is -4.41. The van der Waals surface area contributed by atoms with E-state index in [1.807, 2.05) is 24.3 Å². The largest absolute Gasteiger partial charge is 0.495 e. The summed E-state index contributed by atoms with van der Waals surface area (Å²) in [7, 11) is 1.66. The number of piperazine rings is 1. The number of para-hydroxylation sites is 2. The summed E-state index contributed by atoms with van der Waals surface area (Å²) in [5.74, 6) is 1.38. The van der Waals surface area contributed by atoms with Gasteiger partial charge in [0.1, 0.15) is 5.75 Å². The molecule has 0 radical (unpaired) electrons. The van der Waals surface area contributed by atoms with Gasteiger partial charge in [-0.15, -0.1) is 0 Å². The van der Waals surface area contributed by atoms with Crippen molar-refractivity contribution in [2.45, 2.75) is 12.7 Å². The van der Waals surface area contributed by atoms with Crippen LogP contribution in [-0.2, 0) is 12.7 Å². The van der Waals surface area contributed by atoms with Crippen molar-refractivity contribution in [2.24, 2.45) is 0 Å². The summed E-state index contributed by atoms with van der Waals surface area (Å²) in [5, 5.41) is 3.85. The Morgan fingerprint density at radius 1 is 1.03 bits per heavy atom. The van der Waals surface area contributed by atoms with Crippen LogP contribution in [0.15, 0.2) is 53.1 Å². The molecule has 0 aliphatic carbocycles. The van der Waals surface area contributed by atoms with Gasteiger partial charge in [0, 0.05) is 31.7 Å². The van der Waals surface area contributed by atoms with Crippen LogP contribution in [0.5, 0.6) is 5.75 Å². The van der Waals surface area contributed by atoms with Gasteiger partial charge in [0.15, 0.2) is 0 Å². The van der Waals surface area contributed by atoms with E-state index >= 15 is 0 Å². The molecule has 158 valence electrons. The van der Waals surface area contributed by atoms with Crippen molar-refractivity contribution in [3.05, 3.63) is 60.0 Å². The van der Waals surface area contributed by atoms with E-state index in [-0.39, 0.29) is 11.4 Å². The Labute approximate surface area is 171 Å². The predicted molar refractivity (Wildman–Crippen MR) is 105 cm³/mol. The zero-order valence-corrected chi connectivity index (χ0v) is 16.4. The molecule has 2 heterocycles. The van der Waals surface area contributed by atoms with Gasteiger partial charge < -0.3 is 14.2 Å². The van der Waals surface area contributed by atoms with E-state index in [1.165, 1.54) is 12.1 Å². The number of hydrogen-bond acceptors (Lipinski definition) is 6. The quantitative estimate of drug-likeness (QED) is 0.622. The molecule has 6 nitrogen and oxygen atoms in total. The number of methoxy groups -OCH3 is 1. The minimum absolute atomic E-state index is 0.156. The lowest BCUT2D eigenvalue weighted by Crippen LogP contribution is -2.46. The van der Waals surface area contributed by atoms with Crippen LogP contribution in [-0.4, -0.2) is 48.3 Å². The van der Waals surface area contributed by atoms with Gasteiger partial charge in [-0.3, -0.25) is 4.90 Å². The van der Waals surface area contributed by atoms with Crippen LogP contribution in [0.25, 0.3) is 11.4 Å². The standard InChI is InChI=1S/C21H21F3N4O2/c1-29-18-8-3-2-7-17(18)28-11-9-27(10-12-28)14-19-25-20(26-30-19)15-5-4-6-16(13-15)21(22,23)24/h2-8,13H,9-12,14H2,1H3. The number of halogens is 3. The molecular formula is C21H21F3N4O2. The fraction of sp³-hybridized carbons (Fsp3) is 0.333. The Balaban J connectivity index is 1.39. The summed E-state index contributed by atoms with van der Waals surface area (Å²) in [4.78, 5) is 8.72. The molecule has 0 bridgehead atoms. The number of nitrogens with zero attached hydrogens (tertiary/aromatic N) is 4. The molecule has 1 fully saturated rings. The summed E-state index contributed by atoms with van der Waals surface area (Å²) in [5.41, 5.74) is 0.601. The van der Waals surface area contributed by atoms with Gasteiger partial charge in [0.05, 0.1) is 24.9 Å². The molecule has 1 aliphatic rings. The number of anilines is 1. The Morgan fingerprint density at radius 3 is 2.53 bits per heavy atom. The zero-order chi connectivity index (χ0) is 21.1. The molecule has 2 aromatic carbocycles. The first-order chi connectivity index (χ1) is 14.4. The van der Waals surface area contributed by atoms with E-state index in [4.69, 9.17) is 9.26 Å². The summed E-state index contributed by atoms with van der Waals surface area (Å²) in [6, 6.07) is 12.8. The predicted octanol–water partition coefficient (Wildman–Crippen LogP) is 4.09. The summed E-state index contributed by atoms with van der Waals surface area (Å²) < 4.78 is 49.5. The first-order valence-electron chi connectivity index (χ1n) is 9.54. The van der Waals surface area contributed by atoms with E-state index in [2.05, 4.69) is 19.9 Å². The molecule has 4 rings (SSSR count). The maximum atomic E-state index is 12.9. The Bertz CT molecular complexity index is 998. The second-order valence-electron chi connectivity index (χ2n) is 7.03. The summed E-state index contributed by atoms with van der Waals surface area (Å²) >= 11 is 0. The van der Waals surface area contributed by atoms with Crippen molar-refractivity contribution < 1.29 is 22.4 Å². The maximum absolute atomic E-state index is 12.9. The third-order valence-corrected chi connectivity index (χ3v) is 5.07. The highest BCUT2D eigenvalue weighted by atomic mass is 19.4. The van der Waals surface area contributed by atoms with Crippen LogP contribution in [0.4, 0.5) is 18.9 Å². The molecule has 1 aliphatic heterocycles. The van der Waals surface area contributed by atoms with Gasteiger partial charge in [-0.2, -0.15) is 18.2 Å². The Hall–Kier alpha value is -3.07. The molecule has 9 heteroatoms. The fourth-order valence-corrected chi connectivity index (χ4v) is 3.50. The van der Waals surface area contributed by atoms with Gasteiger partial charge in [0.2, 0.25) is 11.7 Å². The van der Waals surface area contributed by atoms with E-state index < -0.39 is 11.7 Å². The number of hydrogen-bond donors (Lipinski definition) is 0. The second kappa shape index (κ2) is 8.35. The number of ether oxygens (including phenoxy) is 1. The van der Waals surface area contributed by atoms with Crippen molar-refractivity contribution >= 4 is 5.69 Å². The Kier molecular flexibility index (Phi) is 5.63. The van der Waals surface area contributed by atoms with Gasteiger partial charge >= 0.3 is 6.18 Å². The van der Waals surface area contributed by atoms with Crippen LogP contribution in [0.2, 0.25) is 0 Å². The number of benzene rings is 2. The average molecular weight is 418 g/mol. The smallest absolute Gasteiger partial charge is 0.416 e. The molecule has 30 heavy (non-hydrogen) atoms. The molecule has 1 saturated heterocycles. The molecule has 0 N–H and O–H groups in total. The first-order valence-corrected chi connectivity index (χ1v) is 9.54. The van der Waals surface area contributed by atoms with Crippen LogP contribution < -0.4 is 9.64 Å². The second-order valence-corrected chi connectivity index (χ2v) is 7.03. The number of rotatable bonds is 5. The molecule has 1 aromatic heterocycles. The van der Waals surface area contributed by atoms with Gasteiger partial charge in [-0.1, -0.05) is 29.4 Å². The topological polar surface area (TPSA) is 54.6 Å². The zero-order valence-electron chi connectivity index (χ0n) is 16.4. The van der Waals surface area contributed by atoms with Gasteiger partial charge in [0.25, 0.3) is 0 Å². The van der Waals surface area contributed by atoms with Crippen molar-refractivity contribution in [3.8, 4) is 17.1 Å². The minimum Gasteiger partial charge on any atom is -0.495 e. The van der Waals surface area contributed by atoms with E-state index in [0.717, 1.165) is 49.7 Å². The monoisotopic (exact) mass is 418 g/mol. The molecule has 0 atom stereocenters. The van der Waals surface area contributed by atoms with Gasteiger partial charge in [-0.25, -0.2) is 0 Å². The van der Waals surface area contributed by atoms with E-state index in [1.54, 1.807) is 7.11 Å². The average Bonchev–Trinajstić information content (AvgIpc) is 3.22. The lowest BCUT2D eigenvalue weighted by molar-refractivity contribution is -0.137. The summed E-state index contributed by atoms with van der Waals surface area (Å²) in [6.07, 6.45) is -4.41. The maximum Gasteiger partial charge on any atom is 0.416 e. The third kappa shape index (κ3) is 4.40. The molecular weight excluding hydrogens is 397 g/mol. The van der Waals surface area contributed by atoms with Crippen LogP contribution >= 0.6 is 0 Å². The third-order valence-electron chi connectivity index (χ3n) is 5.07. The highest BCUT2D eigenvalue weighted by Gasteiger charge is 2.31. The first kappa shape index (κ1) is 20.2. The van der Waals surface area contributed by atoms with Crippen molar-refractivity contribution in [2.75, 3.05) is 38.2 Å². The fourth-order valence-electron chi connectivity index (χ4n) is 3.50. The highest BCUT2D eigenvalue weighted by molar-refractivity contribution is 5.58. The van der Waals surface area contributed by atoms with Crippen molar-refractivity contribution in [1.82, 2.24) is 15.0 Å². The number of alkyl halides is 3. The molecule has 0 amide bonds. The number of aromatic nitrogens is 2. The molecule has 0 spiro atoms. The molecule has 0 unspecified atom stereocenters. The Morgan fingerprint density at radius 2 is 1.80 bits per heavy atom. The molecule has 3 aromatic rings. The lowest BCUT2D eigenvalue weighted by Gasteiger charge is -2.35. The normalized spacial score (nSPS) is 15.4. The van der Waals surface area contributed by atoms with Crippen LogP contribution in [0.1, 0.15) is 11.5 Å². The van der Waals surface area contributed by atoms with Crippen molar-refractivity contribution in [1.29, 1.82) is 0 Å². The summed E-state index contributed by atoms with van der Waals surface area (Å²) in [6.45, 7) is 3.66. The highest BCUT2D eigenvalue weighted by Crippen LogP contribution is 2.32. The van der Waals surface area contributed by atoms with Gasteiger partial charge in [-0.05, 0) is 24.3 Å². The van der Waals surface area contributed by atoms with Crippen molar-refractivity contribution in [3.63, 3.8) is 0 Å². The van der Waals surface area contributed by atoms with Crippen LogP contribution in [0, 0.1) is 0 Å². The molecule has 0 saturated carbocycles. The van der Waals surface area contributed by atoms with E-state index in [9.17, 15) is 13.2 Å². The van der Waals surface area contributed by atoms with Crippen LogP contribution in [0.3, 0.4) is 0 Å². The van der Waals surface area contributed by atoms with E-state index in [0.29, 0.717) is 12.4 Å². The SMILES string of the molecule is COc1ccccc1N1CCN(Cc2nc(-c3cccc(C(F)(F)F)c3)no2)CC1.